The van der Waals surface area contributed by atoms with Gasteiger partial charge in [0.15, 0.2) is 0 Å². The summed E-state index contributed by atoms with van der Waals surface area (Å²) in [5.74, 6) is -0.232. The van der Waals surface area contributed by atoms with Gasteiger partial charge in [-0.2, -0.15) is 0 Å². The molecule has 118 valence electrons. The first-order valence-corrected chi connectivity index (χ1v) is 7.59. The summed E-state index contributed by atoms with van der Waals surface area (Å²) in [6, 6.07) is 14.0. The third kappa shape index (κ3) is 5.13. The maximum Gasteiger partial charge on any atom is 0.310 e. The molecule has 4 heteroatoms. The predicted molar refractivity (Wildman–Crippen MR) is 85.9 cm³/mol. The zero-order valence-corrected chi connectivity index (χ0v) is 12.9. The summed E-state index contributed by atoms with van der Waals surface area (Å²) in [4.78, 5) is 11.9. The molecular formula is C18H22O4. The second kappa shape index (κ2) is 9.18. The largest absolute Gasteiger partial charge is 0.463 e. The van der Waals surface area contributed by atoms with Crippen molar-refractivity contribution < 1.29 is 19.0 Å². The minimum absolute atomic E-state index is 0.232. The van der Waals surface area contributed by atoms with Gasteiger partial charge in [0.1, 0.15) is 6.61 Å². The van der Waals surface area contributed by atoms with E-state index in [0.717, 1.165) is 16.3 Å². The van der Waals surface area contributed by atoms with E-state index in [1.54, 1.807) is 0 Å². The molecule has 22 heavy (non-hydrogen) atoms. The summed E-state index contributed by atoms with van der Waals surface area (Å²) in [6.07, 6.45) is 0.278. The molecule has 0 radical (unpaired) electrons. The Morgan fingerprint density at radius 2 is 1.64 bits per heavy atom. The first kappa shape index (κ1) is 16.5. The molecule has 0 bridgehead atoms. The van der Waals surface area contributed by atoms with Gasteiger partial charge in [0.25, 0.3) is 0 Å². The summed E-state index contributed by atoms with van der Waals surface area (Å²) < 4.78 is 15.6. The van der Waals surface area contributed by atoms with Crippen molar-refractivity contribution in [1.29, 1.82) is 0 Å². The topological polar surface area (TPSA) is 44.8 Å². The maximum atomic E-state index is 11.9. The van der Waals surface area contributed by atoms with E-state index in [1.807, 2.05) is 49.4 Å². The Kier molecular flexibility index (Phi) is 6.87. The molecule has 2 aromatic rings. The maximum absolute atomic E-state index is 11.9. The van der Waals surface area contributed by atoms with Crippen LogP contribution in [-0.2, 0) is 25.4 Å². The molecule has 0 unspecified atom stereocenters. The lowest BCUT2D eigenvalue weighted by atomic mass is 10.0. The van der Waals surface area contributed by atoms with Crippen molar-refractivity contribution in [3.63, 3.8) is 0 Å². The van der Waals surface area contributed by atoms with Crippen LogP contribution in [0.25, 0.3) is 10.8 Å². The van der Waals surface area contributed by atoms with Crippen molar-refractivity contribution in [2.45, 2.75) is 13.3 Å². The summed E-state index contributed by atoms with van der Waals surface area (Å²) in [5.41, 5.74) is 0.986. The highest BCUT2D eigenvalue weighted by molar-refractivity contribution is 5.88. The second-order valence-corrected chi connectivity index (χ2v) is 4.84. The Morgan fingerprint density at radius 1 is 0.909 bits per heavy atom. The van der Waals surface area contributed by atoms with Crippen LogP contribution in [0.2, 0.25) is 0 Å². The lowest BCUT2D eigenvalue weighted by Gasteiger charge is -2.08. The van der Waals surface area contributed by atoms with E-state index in [0.29, 0.717) is 26.4 Å². The Balaban J connectivity index is 1.75. The fraction of sp³-hybridized carbons (Fsp3) is 0.389. The molecule has 2 rings (SSSR count). The molecule has 2 aromatic carbocycles. The average molecular weight is 302 g/mol. The van der Waals surface area contributed by atoms with Gasteiger partial charge < -0.3 is 14.2 Å². The first-order chi connectivity index (χ1) is 10.8. The first-order valence-electron chi connectivity index (χ1n) is 7.59. The quantitative estimate of drug-likeness (QED) is 0.528. The van der Waals surface area contributed by atoms with Crippen molar-refractivity contribution in [3.05, 3.63) is 48.0 Å². The van der Waals surface area contributed by atoms with E-state index in [2.05, 4.69) is 0 Å². The van der Waals surface area contributed by atoms with Gasteiger partial charge in [-0.05, 0) is 23.3 Å². The number of ether oxygens (including phenoxy) is 3. The van der Waals surface area contributed by atoms with Gasteiger partial charge in [0.2, 0.25) is 0 Å². The number of hydrogen-bond acceptors (Lipinski definition) is 4. The average Bonchev–Trinajstić information content (AvgIpc) is 2.54. The molecule has 0 heterocycles. The predicted octanol–water partition coefficient (Wildman–Crippen LogP) is 2.98. The van der Waals surface area contributed by atoms with Crippen LogP contribution in [0.4, 0.5) is 0 Å². The molecule has 0 N–H and O–H groups in total. The van der Waals surface area contributed by atoms with Crippen molar-refractivity contribution in [3.8, 4) is 0 Å². The molecule has 0 amide bonds. The molecule has 0 atom stereocenters. The summed E-state index contributed by atoms with van der Waals surface area (Å²) in [6.45, 7) is 4.39. The minimum atomic E-state index is -0.232. The van der Waals surface area contributed by atoms with Crippen LogP contribution in [0, 0.1) is 0 Å². The van der Waals surface area contributed by atoms with Crippen molar-refractivity contribution >= 4 is 16.7 Å². The molecule has 4 nitrogen and oxygen atoms in total. The summed E-state index contributed by atoms with van der Waals surface area (Å²) in [5, 5.41) is 2.22. The highest BCUT2D eigenvalue weighted by Gasteiger charge is 2.07. The van der Waals surface area contributed by atoms with Gasteiger partial charge in [-0.25, -0.2) is 0 Å². The molecule has 0 spiro atoms. The van der Waals surface area contributed by atoms with Crippen LogP contribution in [0.3, 0.4) is 0 Å². The summed E-state index contributed by atoms with van der Waals surface area (Å²) >= 11 is 0. The third-order valence-electron chi connectivity index (χ3n) is 3.28. The molecule has 0 aliphatic heterocycles. The molecule has 0 fully saturated rings. The van der Waals surface area contributed by atoms with Crippen LogP contribution in [-0.4, -0.2) is 39.0 Å². The number of rotatable bonds is 9. The van der Waals surface area contributed by atoms with Gasteiger partial charge in [-0.15, -0.1) is 0 Å². The number of hydrogen-bond donors (Lipinski definition) is 0. The van der Waals surface area contributed by atoms with Crippen LogP contribution in [0.15, 0.2) is 42.5 Å². The lowest BCUT2D eigenvalue weighted by Crippen LogP contribution is -2.14. The van der Waals surface area contributed by atoms with Gasteiger partial charge in [0, 0.05) is 6.61 Å². The van der Waals surface area contributed by atoms with Crippen LogP contribution >= 0.6 is 0 Å². The van der Waals surface area contributed by atoms with E-state index in [9.17, 15) is 4.79 Å². The Bertz CT molecular complexity index is 589. The number of fused-ring (bicyclic) bond motifs is 1. The van der Waals surface area contributed by atoms with Crippen molar-refractivity contribution in [2.75, 3.05) is 33.0 Å². The molecule has 0 aromatic heterocycles. The fourth-order valence-electron chi connectivity index (χ4n) is 2.23. The van der Waals surface area contributed by atoms with Gasteiger partial charge in [0.05, 0.1) is 26.2 Å². The van der Waals surface area contributed by atoms with Crippen molar-refractivity contribution in [1.82, 2.24) is 0 Å². The monoisotopic (exact) mass is 302 g/mol. The number of carbonyl (C=O) groups excluding carboxylic acids is 1. The Labute approximate surface area is 131 Å². The summed E-state index contributed by atoms with van der Waals surface area (Å²) in [7, 11) is 0. The molecule has 0 saturated heterocycles. The smallest absolute Gasteiger partial charge is 0.310 e. The third-order valence-corrected chi connectivity index (χ3v) is 3.28. The lowest BCUT2D eigenvalue weighted by molar-refractivity contribution is -0.144. The van der Waals surface area contributed by atoms with E-state index >= 15 is 0 Å². The zero-order chi connectivity index (χ0) is 15.6. The number of benzene rings is 2. The van der Waals surface area contributed by atoms with E-state index in [4.69, 9.17) is 14.2 Å². The SMILES string of the molecule is CCOCCOCCOC(=O)Cc1cccc2ccccc12. The Hall–Kier alpha value is -1.91. The van der Waals surface area contributed by atoms with Gasteiger partial charge >= 0.3 is 5.97 Å². The zero-order valence-electron chi connectivity index (χ0n) is 12.9. The molecular weight excluding hydrogens is 280 g/mol. The van der Waals surface area contributed by atoms with Crippen LogP contribution < -0.4 is 0 Å². The van der Waals surface area contributed by atoms with E-state index in [1.165, 1.54) is 0 Å². The van der Waals surface area contributed by atoms with Gasteiger partial charge in [-0.1, -0.05) is 42.5 Å². The van der Waals surface area contributed by atoms with Crippen LogP contribution in [0.5, 0.6) is 0 Å². The fourth-order valence-corrected chi connectivity index (χ4v) is 2.23. The van der Waals surface area contributed by atoms with E-state index < -0.39 is 0 Å². The molecule has 0 aliphatic carbocycles. The van der Waals surface area contributed by atoms with Crippen molar-refractivity contribution in [2.24, 2.45) is 0 Å². The second-order valence-electron chi connectivity index (χ2n) is 4.84. The highest BCUT2D eigenvalue weighted by atomic mass is 16.6. The minimum Gasteiger partial charge on any atom is -0.463 e. The number of esters is 1. The van der Waals surface area contributed by atoms with Crippen LogP contribution in [0.1, 0.15) is 12.5 Å². The van der Waals surface area contributed by atoms with E-state index in [-0.39, 0.29) is 19.0 Å². The molecule has 0 aliphatic rings. The normalized spacial score (nSPS) is 10.8. The molecule has 0 saturated carbocycles. The number of carbonyl (C=O) groups is 1. The Morgan fingerprint density at radius 3 is 2.50 bits per heavy atom. The standard InChI is InChI=1S/C18H22O4/c1-2-20-10-11-21-12-13-22-18(19)14-16-8-5-7-15-6-3-4-9-17(15)16/h3-9H,2,10-14H2,1H3. The van der Waals surface area contributed by atoms with Gasteiger partial charge in [-0.3, -0.25) is 4.79 Å². The highest BCUT2D eigenvalue weighted by Crippen LogP contribution is 2.19.